The Kier molecular flexibility index (Phi) is 3.65. The molecule has 2 aromatic carbocycles. The molecule has 3 aromatic rings. The van der Waals surface area contributed by atoms with Crippen molar-refractivity contribution in [3.8, 4) is 0 Å². The molecule has 0 atom stereocenters. The maximum atomic E-state index is 13.6. The fourth-order valence-corrected chi connectivity index (χ4v) is 2.32. The zero-order chi connectivity index (χ0) is 15.5. The summed E-state index contributed by atoms with van der Waals surface area (Å²) in [7, 11) is 0. The van der Waals surface area contributed by atoms with Gasteiger partial charge in [-0.15, -0.1) is 0 Å². The molecular formula is C16H12FN3O2. The Bertz CT molecular complexity index is 852. The number of nitro benzene ring substituents is 1. The van der Waals surface area contributed by atoms with Crippen LogP contribution in [-0.4, -0.2) is 9.91 Å². The van der Waals surface area contributed by atoms with Crippen molar-refractivity contribution in [1.29, 1.82) is 0 Å². The fraction of sp³-hybridized carbons (Fsp3) is 0.0625. The maximum Gasteiger partial charge on any atom is 0.278 e. The molecule has 22 heavy (non-hydrogen) atoms. The van der Waals surface area contributed by atoms with E-state index in [0.29, 0.717) is 28.6 Å². The van der Waals surface area contributed by atoms with Crippen LogP contribution in [0.5, 0.6) is 0 Å². The second-order valence-corrected chi connectivity index (χ2v) is 4.76. The minimum absolute atomic E-state index is 0.000424. The molecule has 0 fully saturated rings. The predicted octanol–water partition coefficient (Wildman–Crippen LogP) is 3.89. The van der Waals surface area contributed by atoms with Crippen molar-refractivity contribution in [1.82, 2.24) is 4.98 Å². The lowest BCUT2D eigenvalue weighted by atomic mass is 10.1. The summed E-state index contributed by atoms with van der Waals surface area (Å²) in [5, 5.41) is 15.3. The standard InChI is InChI=1S/C16H12FN3O2/c17-14-4-2-1-3-11(14)9-19-15-5-6-16(20(21)22)13-10-18-8-7-12(13)15/h1-8,10,19H,9H2. The number of aromatic nitrogens is 1. The Balaban J connectivity index is 1.97. The van der Waals surface area contributed by atoms with Gasteiger partial charge in [0.2, 0.25) is 0 Å². The number of hydrogen-bond donors (Lipinski definition) is 1. The van der Waals surface area contributed by atoms with Gasteiger partial charge in [0.05, 0.1) is 10.3 Å². The Morgan fingerprint density at radius 2 is 1.95 bits per heavy atom. The van der Waals surface area contributed by atoms with Crippen LogP contribution in [0.15, 0.2) is 54.9 Å². The van der Waals surface area contributed by atoms with Gasteiger partial charge in [-0.2, -0.15) is 0 Å². The lowest BCUT2D eigenvalue weighted by Crippen LogP contribution is -2.02. The van der Waals surface area contributed by atoms with Crippen molar-refractivity contribution in [3.63, 3.8) is 0 Å². The van der Waals surface area contributed by atoms with Gasteiger partial charge in [-0.05, 0) is 18.2 Å². The molecule has 0 aliphatic rings. The molecule has 5 nitrogen and oxygen atoms in total. The third kappa shape index (κ3) is 2.58. The van der Waals surface area contributed by atoms with E-state index >= 15 is 0 Å². The highest BCUT2D eigenvalue weighted by Crippen LogP contribution is 2.30. The number of nitrogens with one attached hydrogen (secondary N) is 1. The molecule has 0 unspecified atom stereocenters. The third-order valence-corrected chi connectivity index (χ3v) is 3.42. The molecule has 1 aromatic heterocycles. The average molecular weight is 297 g/mol. The van der Waals surface area contributed by atoms with Gasteiger partial charge in [0.15, 0.2) is 0 Å². The number of hydrogen-bond acceptors (Lipinski definition) is 4. The van der Waals surface area contributed by atoms with E-state index in [1.165, 1.54) is 18.3 Å². The molecule has 0 aliphatic carbocycles. The molecule has 0 saturated carbocycles. The number of nitro groups is 1. The maximum absolute atomic E-state index is 13.6. The predicted molar refractivity (Wildman–Crippen MR) is 82.1 cm³/mol. The Morgan fingerprint density at radius 3 is 2.73 bits per heavy atom. The van der Waals surface area contributed by atoms with E-state index in [-0.39, 0.29) is 11.5 Å². The van der Waals surface area contributed by atoms with Gasteiger partial charge in [0, 0.05) is 41.6 Å². The molecule has 0 spiro atoms. The fourth-order valence-electron chi connectivity index (χ4n) is 2.32. The quantitative estimate of drug-likeness (QED) is 0.586. The summed E-state index contributed by atoms with van der Waals surface area (Å²) in [6.07, 6.45) is 3.03. The molecule has 0 aliphatic heterocycles. The molecule has 1 heterocycles. The van der Waals surface area contributed by atoms with Gasteiger partial charge in [-0.3, -0.25) is 15.1 Å². The van der Waals surface area contributed by atoms with Crippen molar-refractivity contribution >= 4 is 22.1 Å². The zero-order valence-electron chi connectivity index (χ0n) is 11.5. The molecule has 0 bridgehead atoms. The first-order valence-electron chi connectivity index (χ1n) is 6.65. The van der Waals surface area contributed by atoms with Gasteiger partial charge in [-0.1, -0.05) is 18.2 Å². The van der Waals surface area contributed by atoms with E-state index in [1.54, 1.807) is 36.5 Å². The topological polar surface area (TPSA) is 68.1 Å². The largest absolute Gasteiger partial charge is 0.380 e. The van der Waals surface area contributed by atoms with Crippen LogP contribution in [0.4, 0.5) is 15.8 Å². The number of halogens is 1. The first-order valence-corrected chi connectivity index (χ1v) is 6.65. The smallest absolute Gasteiger partial charge is 0.278 e. The second-order valence-electron chi connectivity index (χ2n) is 4.76. The number of benzene rings is 2. The van der Waals surface area contributed by atoms with Gasteiger partial charge >= 0.3 is 0 Å². The third-order valence-electron chi connectivity index (χ3n) is 3.42. The van der Waals surface area contributed by atoms with Crippen molar-refractivity contribution in [2.45, 2.75) is 6.54 Å². The molecule has 6 heteroatoms. The van der Waals surface area contributed by atoms with Gasteiger partial charge < -0.3 is 5.32 Å². The summed E-state index contributed by atoms with van der Waals surface area (Å²) in [4.78, 5) is 14.6. The average Bonchev–Trinajstić information content (AvgIpc) is 2.53. The monoisotopic (exact) mass is 297 g/mol. The van der Waals surface area contributed by atoms with Gasteiger partial charge in [0.25, 0.3) is 5.69 Å². The van der Waals surface area contributed by atoms with Crippen molar-refractivity contribution in [2.24, 2.45) is 0 Å². The summed E-state index contributed by atoms with van der Waals surface area (Å²) in [6.45, 7) is 0.294. The Hall–Kier alpha value is -3.02. The Morgan fingerprint density at radius 1 is 1.14 bits per heavy atom. The first-order chi connectivity index (χ1) is 10.7. The molecule has 0 radical (unpaired) electrons. The molecule has 0 saturated heterocycles. The van der Waals surface area contributed by atoms with E-state index in [0.717, 1.165) is 0 Å². The number of anilines is 1. The van der Waals surface area contributed by atoms with Crippen LogP contribution >= 0.6 is 0 Å². The SMILES string of the molecule is O=[N+]([O-])c1ccc(NCc2ccccc2F)c2ccncc12. The minimum atomic E-state index is -0.440. The summed E-state index contributed by atoms with van der Waals surface area (Å²) in [5.41, 5.74) is 1.23. The number of fused-ring (bicyclic) bond motifs is 1. The van der Waals surface area contributed by atoms with E-state index in [2.05, 4.69) is 10.3 Å². The number of pyridine rings is 1. The van der Waals surface area contributed by atoms with Crippen LogP contribution in [0.25, 0.3) is 10.8 Å². The van der Waals surface area contributed by atoms with Crippen molar-refractivity contribution in [2.75, 3.05) is 5.32 Å². The van der Waals surface area contributed by atoms with Crippen LogP contribution in [0, 0.1) is 15.9 Å². The van der Waals surface area contributed by atoms with E-state index in [9.17, 15) is 14.5 Å². The summed E-state index contributed by atoms with van der Waals surface area (Å²) < 4.78 is 13.6. The molecule has 3 rings (SSSR count). The van der Waals surface area contributed by atoms with Crippen LogP contribution in [-0.2, 0) is 6.54 Å². The van der Waals surface area contributed by atoms with Crippen LogP contribution in [0.3, 0.4) is 0 Å². The van der Waals surface area contributed by atoms with Gasteiger partial charge in [-0.25, -0.2) is 4.39 Å². The van der Waals surface area contributed by atoms with E-state index in [4.69, 9.17) is 0 Å². The molecule has 1 N–H and O–H groups in total. The van der Waals surface area contributed by atoms with E-state index in [1.807, 2.05) is 0 Å². The normalized spacial score (nSPS) is 10.6. The van der Waals surface area contributed by atoms with Crippen molar-refractivity contribution in [3.05, 3.63) is 76.4 Å². The van der Waals surface area contributed by atoms with Gasteiger partial charge in [0.1, 0.15) is 5.82 Å². The summed E-state index contributed by atoms with van der Waals surface area (Å²) in [5.74, 6) is -0.289. The number of rotatable bonds is 4. The highest BCUT2D eigenvalue weighted by molar-refractivity contribution is 5.99. The van der Waals surface area contributed by atoms with E-state index < -0.39 is 4.92 Å². The second kappa shape index (κ2) is 5.77. The molecule has 110 valence electrons. The minimum Gasteiger partial charge on any atom is -0.380 e. The lowest BCUT2D eigenvalue weighted by molar-refractivity contribution is -0.383. The first kappa shape index (κ1) is 13.9. The number of non-ortho nitro benzene ring substituents is 1. The molecule has 0 amide bonds. The summed E-state index contributed by atoms with van der Waals surface area (Å²) >= 11 is 0. The number of nitrogens with zero attached hydrogens (tertiary/aromatic N) is 2. The lowest BCUT2D eigenvalue weighted by Gasteiger charge is -2.10. The van der Waals surface area contributed by atoms with Crippen LogP contribution in [0.2, 0.25) is 0 Å². The van der Waals surface area contributed by atoms with Crippen LogP contribution in [0.1, 0.15) is 5.56 Å². The van der Waals surface area contributed by atoms with Crippen LogP contribution < -0.4 is 5.32 Å². The molecular weight excluding hydrogens is 285 g/mol. The van der Waals surface area contributed by atoms with Crippen molar-refractivity contribution < 1.29 is 9.31 Å². The Labute approximate surface area is 125 Å². The highest BCUT2D eigenvalue weighted by Gasteiger charge is 2.14. The summed E-state index contributed by atoms with van der Waals surface area (Å²) in [6, 6.07) is 11.2. The zero-order valence-corrected chi connectivity index (χ0v) is 11.5. The highest BCUT2D eigenvalue weighted by atomic mass is 19.1.